The summed E-state index contributed by atoms with van der Waals surface area (Å²) in [6, 6.07) is 0. The Kier molecular flexibility index (Phi) is 12.0. The first-order valence-corrected chi connectivity index (χ1v) is 20.2. The lowest BCUT2D eigenvalue weighted by Gasteiger charge is -2.60. The molecule has 0 radical (unpaired) electrons. The van der Waals surface area contributed by atoms with Gasteiger partial charge in [0, 0.05) is 18.3 Å². The number of aliphatic hydroxyl groups excluding tert-OH is 9. The quantitative estimate of drug-likeness (QED) is 0.109. The average Bonchev–Trinajstić information content (AvgIpc) is 3.51. The van der Waals surface area contributed by atoms with Gasteiger partial charge in [0.15, 0.2) is 12.6 Å². The summed E-state index contributed by atoms with van der Waals surface area (Å²) in [5, 5.41) is 94.0. The van der Waals surface area contributed by atoms with Gasteiger partial charge < -0.3 is 69.6 Å². The van der Waals surface area contributed by atoms with Crippen molar-refractivity contribution in [3.63, 3.8) is 0 Å². The smallest absolute Gasteiger partial charge is 0.336 e. The van der Waals surface area contributed by atoms with Crippen molar-refractivity contribution in [2.45, 2.75) is 159 Å². The van der Waals surface area contributed by atoms with Crippen LogP contribution >= 0.6 is 0 Å². The molecule has 7 rings (SSSR count). The molecule has 5 fully saturated rings. The van der Waals surface area contributed by atoms with Gasteiger partial charge in [-0.3, -0.25) is 0 Å². The van der Waals surface area contributed by atoms with Gasteiger partial charge in [-0.15, -0.1) is 0 Å². The van der Waals surface area contributed by atoms with Crippen molar-refractivity contribution >= 4 is 5.97 Å². The molecule has 0 aromatic rings. The maximum Gasteiger partial charge on any atom is 0.336 e. The van der Waals surface area contributed by atoms with Crippen LogP contribution in [0.4, 0.5) is 0 Å². The molecule has 55 heavy (non-hydrogen) atoms. The third-order valence-electron chi connectivity index (χ3n) is 15.4. The summed E-state index contributed by atoms with van der Waals surface area (Å²) in [7, 11) is 0. The number of rotatable bonds is 9. The molecule has 0 aromatic heterocycles. The molecule has 3 aliphatic heterocycles. The first kappa shape index (κ1) is 41.6. The molecule has 3 saturated carbocycles. The summed E-state index contributed by atoms with van der Waals surface area (Å²) in [5.41, 5.74) is 1.98. The van der Waals surface area contributed by atoms with Gasteiger partial charge in [0.25, 0.3) is 0 Å². The van der Waals surface area contributed by atoms with Crippen LogP contribution in [0.1, 0.15) is 79.1 Å². The van der Waals surface area contributed by atoms with E-state index in [2.05, 4.69) is 26.8 Å². The molecular weight excluding hydrogens is 720 g/mol. The Labute approximate surface area is 321 Å². The van der Waals surface area contributed by atoms with Crippen LogP contribution in [0.3, 0.4) is 0 Å². The maximum atomic E-state index is 12.7. The minimum atomic E-state index is -1.68. The van der Waals surface area contributed by atoms with Crippen LogP contribution in [0.2, 0.25) is 0 Å². The van der Waals surface area contributed by atoms with E-state index in [0.717, 1.165) is 43.3 Å². The highest BCUT2D eigenvalue weighted by Crippen LogP contribution is 2.67. The van der Waals surface area contributed by atoms with E-state index in [0.29, 0.717) is 36.2 Å². The molecule has 4 aliphatic carbocycles. The van der Waals surface area contributed by atoms with Crippen LogP contribution in [0.25, 0.3) is 0 Å². The number of hydrogen-bond acceptors (Lipinski definition) is 15. The molecule has 0 spiro atoms. The molecule has 15 heteroatoms. The van der Waals surface area contributed by atoms with Gasteiger partial charge in [-0.05, 0) is 80.5 Å². The van der Waals surface area contributed by atoms with Gasteiger partial charge >= 0.3 is 5.97 Å². The van der Waals surface area contributed by atoms with Crippen LogP contribution in [0.15, 0.2) is 22.8 Å². The highest BCUT2D eigenvalue weighted by Gasteiger charge is 2.62. The highest BCUT2D eigenvalue weighted by molar-refractivity contribution is 5.90. The number of aliphatic hydroxyl groups is 9. The van der Waals surface area contributed by atoms with Gasteiger partial charge in [-0.2, -0.15) is 0 Å². The number of fused-ring (bicyclic) bond motifs is 5. The molecule has 9 N–H and O–H groups in total. The second-order valence-corrected chi connectivity index (χ2v) is 18.0. The lowest BCUT2D eigenvalue weighted by molar-refractivity contribution is -0.337. The molecule has 0 aromatic carbocycles. The van der Waals surface area contributed by atoms with Crippen molar-refractivity contribution < 1.29 is 74.4 Å². The van der Waals surface area contributed by atoms with Gasteiger partial charge in [0.2, 0.25) is 0 Å². The van der Waals surface area contributed by atoms with Crippen molar-refractivity contribution in [1.82, 2.24) is 0 Å². The first-order chi connectivity index (χ1) is 26.0. The number of carbonyl (C=O) groups excluding carboxylic acids is 1. The summed E-state index contributed by atoms with van der Waals surface area (Å²) >= 11 is 0. The van der Waals surface area contributed by atoms with Crippen molar-refractivity contribution in [2.75, 3.05) is 19.8 Å². The summed E-state index contributed by atoms with van der Waals surface area (Å²) in [4.78, 5) is 12.7. The van der Waals surface area contributed by atoms with Crippen molar-refractivity contribution in [2.24, 2.45) is 40.4 Å². The van der Waals surface area contributed by atoms with E-state index in [1.165, 1.54) is 0 Å². The Morgan fingerprint density at radius 2 is 1.53 bits per heavy atom. The Morgan fingerprint density at radius 3 is 2.20 bits per heavy atom. The number of esters is 1. The minimum absolute atomic E-state index is 0.0672. The van der Waals surface area contributed by atoms with E-state index in [1.807, 2.05) is 6.92 Å². The summed E-state index contributed by atoms with van der Waals surface area (Å²) in [5.74, 6) is 1.26. The number of carbonyl (C=O) groups is 1. The lowest BCUT2D eigenvalue weighted by atomic mass is 9.46. The molecule has 1 unspecified atom stereocenters. The maximum absolute atomic E-state index is 12.7. The first-order valence-electron chi connectivity index (χ1n) is 20.2. The van der Waals surface area contributed by atoms with E-state index >= 15 is 0 Å². The Hall–Kier alpha value is -1.57. The Morgan fingerprint density at radius 1 is 0.855 bits per heavy atom. The largest absolute Gasteiger partial charge is 0.458 e. The number of cyclic esters (lactones) is 1. The summed E-state index contributed by atoms with van der Waals surface area (Å²) in [6.07, 6.45) is -8.00. The predicted octanol–water partition coefficient (Wildman–Crippen LogP) is -0.194. The zero-order valence-electron chi connectivity index (χ0n) is 32.2. The molecule has 0 amide bonds. The van der Waals surface area contributed by atoms with E-state index in [-0.39, 0.29) is 36.4 Å². The minimum Gasteiger partial charge on any atom is -0.458 e. The van der Waals surface area contributed by atoms with Crippen LogP contribution in [0.5, 0.6) is 0 Å². The van der Waals surface area contributed by atoms with Crippen molar-refractivity contribution in [1.29, 1.82) is 0 Å². The fourth-order valence-electron chi connectivity index (χ4n) is 12.0. The summed E-state index contributed by atoms with van der Waals surface area (Å²) < 4.78 is 29.0. The summed E-state index contributed by atoms with van der Waals surface area (Å²) in [6.45, 7) is 7.30. The van der Waals surface area contributed by atoms with E-state index in [9.17, 15) is 50.8 Å². The fourth-order valence-corrected chi connectivity index (χ4v) is 12.0. The third-order valence-corrected chi connectivity index (χ3v) is 15.4. The topological polar surface area (TPSA) is 245 Å². The molecule has 312 valence electrons. The van der Waals surface area contributed by atoms with Gasteiger partial charge in [-0.25, -0.2) is 4.79 Å². The molecule has 7 aliphatic rings. The number of hydrogen-bond donors (Lipinski definition) is 9. The predicted molar refractivity (Wildman–Crippen MR) is 191 cm³/mol. The second-order valence-electron chi connectivity index (χ2n) is 18.0. The van der Waals surface area contributed by atoms with Crippen molar-refractivity contribution in [3.8, 4) is 0 Å². The zero-order chi connectivity index (χ0) is 39.7. The van der Waals surface area contributed by atoms with Crippen LogP contribution in [0, 0.1) is 40.4 Å². The fraction of sp³-hybridized carbons (Fsp3) is 0.875. The Bertz CT molecular complexity index is 1470. The van der Waals surface area contributed by atoms with Crippen LogP contribution in [-0.2, 0) is 28.5 Å². The number of ether oxygens (including phenoxy) is 5. The van der Waals surface area contributed by atoms with Crippen LogP contribution < -0.4 is 0 Å². The van der Waals surface area contributed by atoms with Crippen LogP contribution in [-0.4, -0.2) is 151 Å². The average molecular weight is 783 g/mol. The number of allylic oxidation sites excluding steroid dienone is 1. The normalized spacial score (nSPS) is 50.7. The molecule has 2 saturated heterocycles. The van der Waals surface area contributed by atoms with E-state index < -0.39 is 98.2 Å². The van der Waals surface area contributed by atoms with Gasteiger partial charge in [0.1, 0.15) is 54.9 Å². The molecule has 3 heterocycles. The van der Waals surface area contributed by atoms with E-state index in [1.54, 1.807) is 0 Å². The standard InChI is InChI=1S/C40H62O15/c1-17-11-26(53-36(50)22(17)14-41)18(2)23-7-8-24-21-6-5-19-12-20(13-29(43)40(19,4)25(21)9-10-39(23,24)3)52-38-35(49)33(47)31(45)28(55-38)16-51-37-34(48)32(46)30(44)27(15-42)54-37/h5,18,20-21,23-35,37-38,41-49H,6-16H2,1-4H3/t18-,20+,21-,23+,24-,25-,26?,27+,28+,29-,30+,31+,32-,33-,34+,35+,37+,38+,39+,40-/m0/s1. The van der Waals surface area contributed by atoms with Gasteiger partial charge in [-0.1, -0.05) is 38.0 Å². The Balaban J connectivity index is 1.00. The molecule has 15 nitrogen and oxygen atoms in total. The third kappa shape index (κ3) is 7.06. The second kappa shape index (κ2) is 15.9. The SMILES string of the molecule is CC1=C(CO)C(=O)OC([C@@H](C)[C@H]2CC[C@H]3[C@@H]4CC=C5C[C@@H](O[C@@H]6O[C@H](CO[C@@H]7O[C@H](CO)[C@@H](O)[C@H](O)[C@H]7O)[C@@H](O)[C@H](O)[C@H]6O)C[C@H](O)[C@]5(C)[C@H]4CC[C@]23C)C1. The highest BCUT2D eigenvalue weighted by atomic mass is 16.7. The van der Waals surface area contributed by atoms with E-state index in [4.69, 9.17) is 23.7 Å². The molecular formula is C40H62O15. The van der Waals surface area contributed by atoms with Gasteiger partial charge in [0.05, 0.1) is 37.6 Å². The zero-order valence-corrected chi connectivity index (χ0v) is 32.2. The molecule has 20 atom stereocenters. The molecule has 0 bridgehead atoms. The monoisotopic (exact) mass is 782 g/mol. The lowest BCUT2D eigenvalue weighted by Crippen LogP contribution is -2.62. The van der Waals surface area contributed by atoms with Crippen molar-refractivity contribution in [3.05, 3.63) is 22.8 Å².